The van der Waals surface area contributed by atoms with E-state index < -0.39 is 0 Å². The Bertz CT molecular complexity index is 987. The molecular formula is C20H15ClN2O2S. The van der Waals surface area contributed by atoms with Crippen LogP contribution in [0.25, 0.3) is 0 Å². The van der Waals surface area contributed by atoms with Crippen LogP contribution in [-0.4, -0.2) is 12.5 Å². The minimum Gasteiger partial charge on any atom is -0.454 e. The van der Waals surface area contributed by atoms with Gasteiger partial charge in [-0.2, -0.15) is 5.10 Å². The van der Waals surface area contributed by atoms with Gasteiger partial charge in [0.05, 0.1) is 22.3 Å². The number of rotatable bonds is 3. The molecule has 4 nitrogen and oxygen atoms in total. The second kappa shape index (κ2) is 6.34. The Morgan fingerprint density at radius 3 is 2.81 bits per heavy atom. The summed E-state index contributed by atoms with van der Waals surface area (Å²) in [5, 5.41) is 9.76. The highest BCUT2D eigenvalue weighted by Crippen LogP contribution is 2.41. The molecule has 5 rings (SSSR count). The lowest BCUT2D eigenvalue weighted by Crippen LogP contribution is -2.18. The number of hydrogen-bond donors (Lipinski definition) is 0. The van der Waals surface area contributed by atoms with Crippen LogP contribution in [0, 0.1) is 0 Å². The third kappa shape index (κ3) is 2.73. The topological polar surface area (TPSA) is 34.1 Å². The van der Waals surface area contributed by atoms with Gasteiger partial charge in [0.25, 0.3) is 0 Å². The van der Waals surface area contributed by atoms with Gasteiger partial charge in [-0.05, 0) is 47.3 Å². The van der Waals surface area contributed by atoms with Gasteiger partial charge in [-0.15, -0.1) is 11.3 Å². The van der Waals surface area contributed by atoms with E-state index in [2.05, 4.69) is 34.7 Å². The lowest BCUT2D eigenvalue weighted by molar-refractivity contribution is 0.174. The Morgan fingerprint density at radius 2 is 1.96 bits per heavy atom. The lowest BCUT2D eigenvalue weighted by atomic mass is 10.0. The number of hydrogen-bond acceptors (Lipinski definition) is 5. The van der Waals surface area contributed by atoms with Crippen molar-refractivity contribution in [1.82, 2.24) is 0 Å². The fourth-order valence-electron chi connectivity index (χ4n) is 3.34. The van der Waals surface area contributed by atoms with Crippen molar-refractivity contribution in [3.05, 3.63) is 75.4 Å². The third-order valence-electron chi connectivity index (χ3n) is 4.57. The molecule has 1 atom stereocenters. The number of thiophene rings is 1. The Morgan fingerprint density at radius 1 is 1.04 bits per heavy atom. The van der Waals surface area contributed by atoms with Crippen molar-refractivity contribution in [2.45, 2.75) is 12.5 Å². The SMILES string of the molecule is Clc1cccc(N2N=C(c3cccs3)CC2c2ccc3c(c2)OCO3)c1. The van der Waals surface area contributed by atoms with Gasteiger partial charge in [0, 0.05) is 11.4 Å². The average molecular weight is 383 g/mol. The molecule has 0 N–H and O–H groups in total. The fourth-order valence-corrected chi connectivity index (χ4v) is 4.24. The second-order valence-corrected chi connectivity index (χ2v) is 7.57. The third-order valence-corrected chi connectivity index (χ3v) is 5.72. The molecule has 3 aromatic rings. The van der Waals surface area contributed by atoms with Crippen LogP contribution >= 0.6 is 22.9 Å². The van der Waals surface area contributed by atoms with E-state index in [-0.39, 0.29) is 12.8 Å². The van der Waals surface area contributed by atoms with E-state index in [1.54, 1.807) is 11.3 Å². The first-order valence-electron chi connectivity index (χ1n) is 8.34. The quantitative estimate of drug-likeness (QED) is 0.601. The number of anilines is 1. The van der Waals surface area contributed by atoms with E-state index in [1.807, 2.05) is 30.3 Å². The highest BCUT2D eigenvalue weighted by molar-refractivity contribution is 7.12. The van der Waals surface area contributed by atoms with Gasteiger partial charge in [0.15, 0.2) is 11.5 Å². The van der Waals surface area contributed by atoms with Crippen LogP contribution in [0.15, 0.2) is 65.1 Å². The molecule has 0 radical (unpaired) electrons. The fraction of sp³-hybridized carbons (Fsp3) is 0.150. The maximum Gasteiger partial charge on any atom is 0.231 e. The van der Waals surface area contributed by atoms with E-state index >= 15 is 0 Å². The zero-order chi connectivity index (χ0) is 17.5. The molecule has 2 aliphatic heterocycles. The minimum absolute atomic E-state index is 0.0834. The molecule has 26 heavy (non-hydrogen) atoms. The highest BCUT2D eigenvalue weighted by Gasteiger charge is 2.31. The Kier molecular flexibility index (Phi) is 3.84. The van der Waals surface area contributed by atoms with Crippen molar-refractivity contribution in [3.63, 3.8) is 0 Å². The average Bonchev–Trinajstić information content (AvgIpc) is 3.39. The molecule has 0 bridgehead atoms. The van der Waals surface area contributed by atoms with Gasteiger partial charge in [0.2, 0.25) is 6.79 Å². The number of ether oxygens (including phenoxy) is 2. The maximum atomic E-state index is 6.22. The number of hydrazone groups is 1. The summed E-state index contributed by atoms with van der Waals surface area (Å²) in [6.45, 7) is 0.276. The van der Waals surface area contributed by atoms with Crippen LogP contribution in [-0.2, 0) is 0 Å². The normalized spacial score (nSPS) is 18.3. The molecule has 0 fully saturated rings. The van der Waals surface area contributed by atoms with Gasteiger partial charge in [0.1, 0.15) is 0 Å². The van der Waals surface area contributed by atoms with Gasteiger partial charge in [-0.3, -0.25) is 5.01 Å². The second-order valence-electron chi connectivity index (χ2n) is 6.18. The highest BCUT2D eigenvalue weighted by atomic mass is 35.5. The molecule has 0 spiro atoms. The van der Waals surface area contributed by atoms with Crippen molar-refractivity contribution in [2.24, 2.45) is 5.10 Å². The molecule has 0 saturated carbocycles. The summed E-state index contributed by atoms with van der Waals surface area (Å²) in [6.07, 6.45) is 0.826. The number of nitrogens with zero attached hydrogens (tertiary/aromatic N) is 2. The summed E-state index contributed by atoms with van der Waals surface area (Å²) < 4.78 is 11.0. The van der Waals surface area contributed by atoms with Crippen LogP contribution in [0.5, 0.6) is 11.5 Å². The van der Waals surface area contributed by atoms with E-state index in [0.717, 1.165) is 34.9 Å². The molecule has 0 aliphatic carbocycles. The van der Waals surface area contributed by atoms with Crippen molar-refractivity contribution in [3.8, 4) is 11.5 Å². The molecule has 0 amide bonds. The van der Waals surface area contributed by atoms with E-state index in [9.17, 15) is 0 Å². The molecule has 0 saturated heterocycles. The zero-order valence-corrected chi connectivity index (χ0v) is 15.3. The Hall–Kier alpha value is -2.50. The summed E-state index contributed by atoms with van der Waals surface area (Å²) >= 11 is 7.93. The molecule has 3 heterocycles. The minimum atomic E-state index is 0.0834. The molecule has 2 aliphatic rings. The van der Waals surface area contributed by atoms with Crippen molar-refractivity contribution >= 4 is 34.3 Å². The van der Waals surface area contributed by atoms with Crippen molar-refractivity contribution in [2.75, 3.05) is 11.8 Å². The molecule has 1 unspecified atom stereocenters. The van der Waals surface area contributed by atoms with Crippen LogP contribution < -0.4 is 14.5 Å². The first kappa shape index (κ1) is 15.7. The van der Waals surface area contributed by atoms with Gasteiger partial charge in [-0.25, -0.2) is 0 Å². The van der Waals surface area contributed by atoms with E-state index in [4.69, 9.17) is 26.2 Å². The zero-order valence-electron chi connectivity index (χ0n) is 13.8. The maximum absolute atomic E-state index is 6.22. The lowest BCUT2D eigenvalue weighted by Gasteiger charge is -2.24. The summed E-state index contributed by atoms with van der Waals surface area (Å²) in [6, 6.07) is 18.2. The van der Waals surface area contributed by atoms with Crippen molar-refractivity contribution < 1.29 is 9.47 Å². The predicted molar refractivity (Wildman–Crippen MR) is 105 cm³/mol. The van der Waals surface area contributed by atoms with Crippen LogP contribution in [0.3, 0.4) is 0 Å². The van der Waals surface area contributed by atoms with Crippen LogP contribution in [0.4, 0.5) is 5.69 Å². The predicted octanol–water partition coefficient (Wildman–Crippen LogP) is 5.49. The molecule has 6 heteroatoms. The summed E-state index contributed by atoms with van der Waals surface area (Å²) in [5.41, 5.74) is 3.21. The standard InChI is InChI=1S/C20H15ClN2O2S/c21-14-3-1-4-15(10-14)23-17(11-16(22-23)20-5-2-8-26-20)13-6-7-18-19(9-13)25-12-24-18/h1-10,17H,11-12H2. The number of benzene rings is 2. The summed E-state index contributed by atoms with van der Waals surface area (Å²) in [5.74, 6) is 1.58. The van der Waals surface area contributed by atoms with Crippen LogP contribution in [0.2, 0.25) is 5.02 Å². The van der Waals surface area contributed by atoms with Gasteiger partial charge >= 0.3 is 0 Å². The molecule has 130 valence electrons. The first-order valence-corrected chi connectivity index (χ1v) is 9.59. The molecule has 2 aromatic carbocycles. The molecular weight excluding hydrogens is 368 g/mol. The largest absolute Gasteiger partial charge is 0.454 e. The van der Waals surface area contributed by atoms with Crippen LogP contribution in [0.1, 0.15) is 22.9 Å². The van der Waals surface area contributed by atoms with Gasteiger partial charge < -0.3 is 9.47 Å². The monoisotopic (exact) mass is 382 g/mol. The van der Waals surface area contributed by atoms with Crippen molar-refractivity contribution in [1.29, 1.82) is 0 Å². The number of halogens is 1. The van der Waals surface area contributed by atoms with E-state index in [1.165, 1.54) is 4.88 Å². The summed E-state index contributed by atoms with van der Waals surface area (Å²) in [7, 11) is 0. The summed E-state index contributed by atoms with van der Waals surface area (Å²) in [4.78, 5) is 1.19. The number of fused-ring (bicyclic) bond motifs is 1. The van der Waals surface area contributed by atoms with Gasteiger partial charge in [-0.1, -0.05) is 29.8 Å². The Labute approximate surface area is 160 Å². The Balaban J connectivity index is 1.57. The smallest absolute Gasteiger partial charge is 0.231 e. The van der Waals surface area contributed by atoms with E-state index in [0.29, 0.717) is 5.02 Å². The first-order chi connectivity index (χ1) is 12.8. The molecule has 1 aromatic heterocycles.